The molecule has 1 atom stereocenters. The Bertz CT molecular complexity index is 522. The summed E-state index contributed by atoms with van der Waals surface area (Å²) in [5.74, 6) is 1.07. The van der Waals surface area contributed by atoms with E-state index in [0.717, 1.165) is 13.1 Å². The zero-order chi connectivity index (χ0) is 18.7. The summed E-state index contributed by atoms with van der Waals surface area (Å²) in [5.41, 5.74) is 0. The lowest BCUT2D eigenvalue weighted by molar-refractivity contribution is -0.122. The molecule has 0 aliphatic carbocycles. The molecule has 1 saturated heterocycles. The van der Waals surface area contributed by atoms with Crippen LogP contribution in [-0.4, -0.2) is 70.3 Å². The highest BCUT2D eigenvalue weighted by atomic mass is 16.4. The minimum atomic E-state index is -0.250. The number of hydrogen-bond donors (Lipinski definition) is 2. The van der Waals surface area contributed by atoms with Gasteiger partial charge in [0.15, 0.2) is 0 Å². The summed E-state index contributed by atoms with van der Waals surface area (Å²) in [7, 11) is 1.73. The number of amides is 2. The van der Waals surface area contributed by atoms with Crippen molar-refractivity contribution < 1.29 is 19.1 Å². The number of aromatic nitrogens is 2. The van der Waals surface area contributed by atoms with Gasteiger partial charge in [0.05, 0.1) is 0 Å². The number of nitrogens with one attached hydrogen (secondary N) is 1. The maximum absolute atomic E-state index is 12.1. The first-order chi connectivity index (χ1) is 12.0. The Morgan fingerprint density at radius 2 is 2.12 bits per heavy atom. The Kier molecular flexibility index (Phi) is 9.53. The Morgan fingerprint density at radius 1 is 1.44 bits per heavy atom. The molecule has 0 spiro atoms. The third-order valence-corrected chi connectivity index (χ3v) is 4.15. The maximum atomic E-state index is 12.1. The van der Waals surface area contributed by atoms with Crippen molar-refractivity contribution in [2.45, 2.75) is 52.1 Å². The number of carboxylic acid groups (broad SMARTS) is 1. The van der Waals surface area contributed by atoms with E-state index < -0.39 is 0 Å². The lowest BCUT2D eigenvalue weighted by Crippen LogP contribution is -2.44. The molecule has 0 saturated carbocycles. The van der Waals surface area contributed by atoms with E-state index in [9.17, 15) is 4.79 Å². The summed E-state index contributed by atoms with van der Waals surface area (Å²) in [4.78, 5) is 24.4. The van der Waals surface area contributed by atoms with E-state index in [1.165, 1.54) is 19.3 Å². The predicted octanol–water partition coefficient (Wildman–Crippen LogP) is 1.35. The molecule has 1 aromatic rings. The van der Waals surface area contributed by atoms with Crippen LogP contribution in [0.4, 0.5) is 4.79 Å². The summed E-state index contributed by atoms with van der Waals surface area (Å²) >= 11 is 0. The van der Waals surface area contributed by atoms with Crippen LogP contribution in [0.5, 0.6) is 0 Å². The van der Waals surface area contributed by atoms with Crippen molar-refractivity contribution in [2.75, 3.05) is 26.7 Å². The number of likely N-dealkylation sites (tertiary alicyclic amines) is 1. The second-order valence-electron chi connectivity index (χ2n) is 6.02. The van der Waals surface area contributed by atoms with Crippen LogP contribution in [0.15, 0.2) is 4.42 Å². The Morgan fingerprint density at radius 3 is 2.72 bits per heavy atom. The fourth-order valence-corrected chi connectivity index (χ4v) is 2.70. The van der Waals surface area contributed by atoms with Crippen molar-refractivity contribution in [3.8, 4) is 0 Å². The van der Waals surface area contributed by atoms with Crippen LogP contribution in [0.3, 0.4) is 0 Å². The van der Waals surface area contributed by atoms with Crippen molar-refractivity contribution in [3.63, 3.8) is 0 Å². The summed E-state index contributed by atoms with van der Waals surface area (Å²) in [5, 5.41) is 17.7. The lowest BCUT2D eigenvalue weighted by Gasteiger charge is -2.33. The molecule has 1 aliphatic heterocycles. The van der Waals surface area contributed by atoms with Gasteiger partial charge in [0.1, 0.15) is 6.54 Å². The van der Waals surface area contributed by atoms with Crippen LogP contribution in [0.25, 0.3) is 0 Å². The van der Waals surface area contributed by atoms with E-state index in [4.69, 9.17) is 14.3 Å². The molecule has 2 heterocycles. The molecule has 1 unspecified atom stereocenters. The quantitative estimate of drug-likeness (QED) is 0.741. The molecular formula is C16H29N5O4. The van der Waals surface area contributed by atoms with E-state index >= 15 is 0 Å². The number of carbonyl (C=O) groups is 2. The number of nitrogens with zero attached hydrogens (tertiary/aromatic N) is 4. The summed E-state index contributed by atoms with van der Waals surface area (Å²) in [6.07, 6.45) is 4.54. The number of rotatable bonds is 6. The van der Waals surface area contributed by atoms with E-state index in [2.05, 4.69) is 27.3 Å². The average Bonchev–Trinajstić information content (AvgIpc) is 3.04. The van der Waals surface area contributed by atoms with Gasteiger partial charge >= 0.3 is 6.03 Å². The molecule has 142 valence electrons. The van der Waals surface area contributed by atoms with Crippen molar-refractivity contribution in [1.82, 2.24) is 25.3 Å². The fraction of sp³-hybridized carbons (Fsp3) is 0.750. The Hall–Kier alpha value is -2.16. The van der Waals surface area contributed by atoms with Gasteiger partial charge < -0.3 is 19.7 Å². The third kappa shape index (κ3) is 7.51. The zero-order valence-electron chi connectivity index (χ0n) is 15.3. The van der Waals surface area contributed by atoms with Crippen LogP contribution in [0.2, 0.25) is 0 Å². The maximum Gasteiger partial charge on any atom is 0.317 e. The molecule has 25 heavy (non-hydrogen) atoms. The van der Waals surface area contributed by atoms with Gasteiger partial charge in [-0.25, -0.2) is 4.79 Å². The first-order valence-corrected chi connectivity index (χ1v) is 8.63. The molecule has 0 bridgehead atoms. The minimum Gasteiger partial charge on any atom is -0.483 e. The van der Waals surface area contributed by atoms with Gasteiger partial charge in [-0.15, -0.1) is 10.2 Å². The van der Waals surface area contributed by atoms with E-state index in [1.54, 1.807) is 11.9 Å². The normalized spacial score (nSPS) is 17.3. The van der Waals surface area contributed by atoms with Gasteiger partial charge in [-0.3, -0.25) is 9.69 Å². The molecule has 1 fully saturated rings. The summed E-state index contributed by atoms with van der Waals surface area (Å²) in [6.45, 7) is 7.00. The molecule has 0 aromatic carbocycles. The average molecular weight is 355 g/mol. The molecule has 9 heteroatoms. The minimum absolute atomic E-state index is 0.110. The smallest absolute Gasteiger partial charge is 0.317 e. The zero-order valence-corrected chi connectivity index (χ0v) is 15.3. The second-order valence-corrected chi connectivity index (χ2v) is 6.02. The number of aryl methyl sites for hydroxylation is 1. The molecule has 1 aliphatic rings. The van der Waals surface area contributed by atoms with Crippen molar-refractivity contribution >= 4 is 12.5 Å². The largest absolute Gasteiger partial charge is 0.483 e. The van der Waals surface area contributed by atoms with Crippen LogP contribution < -0.4 is 5.32 Å². The molecule has 2 N–H and O–H groups in total. The van der Waals surface area contributed by atoms with Gasteiger partial charge in [0.2, 0.25) is 11.8 Å². The van der Waals surface area contributed by atoms with E-state index in [-0.39, 0.29) is 12.5 Å². The number of hydrogen-bond acceptors (Lipinski definition) is 6. The van der Waals surface area contributed by atoms with Gasteiger partial charge in [-0.2, -0.15) is 0 Å². The second kappa shape index (κ2) is 11.4. The van der Waals surface area contributed by atoms with Gasteiger partial charge in [0.25, 0.3) is 6.47 Å². The lowest BCUT2D eigenvalue weighted by atomic mass is 10.0. The number of urea groups is 1. The molecule has 2 rings (SSSR count). The van der Waals surface area contributed by atoms with Crippen LogP contribution in [0, 0.1) is 0 Å². The molecule has 9 nitrogen and oxygen atoms in total. The SMILES string of the molecule is CCc1nnc(CN(C)C(=O)NCCN2CCCCC2C)o1.O=CO. The number of piperidine rings is 1. The first kappa shape index (κ1) is 20.9. The molecule has 2 amide bonds. The topological polar surface area (TPSA) is 112 Å². The van der Waals surface area contributed by atoms with Gasteiger partial charge in [-0.1, -0.05) is 13.3 Å². The Balaban J connectivity index is 0.000000970. The molecule has 1 aromatic heterocycles. The van der Waals surface area contributed by atoms with Crippen molar-refractivity contribution in [1.29, 1.82) is 0 Å². The summed E-state index contributed by atoms with van der Waals surface area (Å²) in [6, 6.07) is 0.509. The predicted molar refractivity (Wildman–Crippen MR) is 92.1 cm³/mol. The third-order valence-electron chi connectivity index (χ3n) is 4.15. The van der Waals surface area contributed by atoms with E-state index in [0.29, 0.717) is 37.3 Å². The highest BCUT2D eigenvalue weighted by Crippen LogP contribution is 2.15. The summed E-state index contributed by atoms with van der Waals surface area (Å²) < 4.78 is 5.42. The van der Waals surface area contributed by atoms with Crippen molar-refractivity contribution in [2.24, 2.45) is 0 Å². The molecule has 0 radical (unpaired) electrons. The number of carbonyl (C=O) groups excluding carboxylic acids is 1. The van der Waals surface area contributed by atoms with Gasteiger partial charge in [-0.05, 0) is 26.3 Å². The van der Waals surface area contributed by atoms with E-state index in [1.807, 2.05) is 6.92 Å². The highest BCUT2D eigenvalue weighted by Gasteiger charge is 2.18. The molecular weight excluding hydrogens is 326 g/mol. The van der Waals surface area contributed by atoms with Gasteiger partial charge in [0, 0.05) is 32.6 Å². The fourth-order valence-electron chi connectivity index (χ4n) is 2.70. The van der Waals surface area contributed by atoms with Crippen LogP contribution >= 0.6 is 0 Å². The van der Waals surface area contributed by atoms with Crippen LogP contribution in [0.1, 0.15) is 44.9 Å². The van der Waals surface area contributed by atoms with Crippen molar-refractivity contribution in [3.05, 3.63) is 11.8 Å². The standard InChI is InChI=1S/C15H27N5O2.CH2O2/c1-4-13-17-18-14(22-13)11-19(3)15(21)16-8-10-20-9-6-5-7-12(20)2;2-1-3/h12H,4-11H2,1-3H3,(H,16,21);1H,(H,2,3). The highest BCUT2D eigenvalue weighted by molar-refractivity contribution is 5.73. The monoisotopic (exact) mass is 355 g/mol. The first-order valence-electron chi connectivity index (χ1n) is 8.63. The Labute approximate surface area is 148 Å². The van der Waals surface area contributed by atoms with Crippen LogP contribution in [-0.2, 0) is 17.8 Å².